The monoisotopic (exact) mass is 1070 g/mol. The van der Waals surface area contributed by atoms with E-state index in [1.807, 2.05) is 74.5 Å². The Morgan fingerprint density at radius 1 is 0.644 bits per heavy atom. The third-order valence-electron chi connectivity index (χ3n) is 11.8. The fraction of sp³-hybridized carbons (Fsp3) is 0.653. The second-order valence-corrected chi connectivity index (χ2v) is 21.4. The molecule has 7 rings (SSSR count). The molecule has 3 aromatic rings. The van der Waals surface area contributed by atoms with Gasteiger partial charge in [0.1, 0.15) is 62.9 Å². The van der Waals surface area contributed by atoms with Gasteiger partial charge in [-0.3, -0.25) is 9.80 Å². The molecular weight excluding hydrogens is 1000 g/mol. The van der Waals surface area contributed by atoms with Crippen molar-refractivity contribution in [1.82, 2.24) is 54.8 Å². The van der Waals surface area contributed by atoms with E-state index in [1.165, 1.54) is 18.6 Å². The van der Waals surface area contributed by atoms with Crippen LogP contribution in [0.2, 0.25) is 15.5 Å². The molecule has 0 saturated carbocycles. The predicted octanol–water partition coefficient (Wildman–Crippen LogP) is 7.39. The zero-order valence-electron chi connectivity index (χ0n) is 44.0. The highest BCUT2D eigenvalue weighted by atomic mass is 35.5. The Bertz CT molecular complexity index is 2420. The number of hydrogen-bond acceptors (Lipinski definition) is 19. The Hall–Kier alpha value is -5.60. The van der Waals surface area contributed by atoms with Gasteiger partial charge < -0.3 is 39.0 Å². The summed E-state index contributed by atoms with van der Waals surface area (Å²) in [6.07, 6.45) is 4.00. The average molecular weight is 1070 g/mol. The number of nitrogens with one attached hydrogen (secondary N) is 1. The summed E-state index contributed by atoms with van der Waals surface area (Å²) in [4.78, 5) is 57.8. The van der Waals surface area contributed by atoms with Gasteiger partial charge in [0.25, 0.3) is 0 Å². The van der Waals surface area contributed by atoms with Gasteiger partial charge >= 0.3 is 12.2 Å². The van der Waals surface area contributed by atoms with Gasteiger partial charge in [0.2, 0.25) is 29.2 Å². The lowest BCUT2D eigenvalue weighted by Crippen LogP contribution is -2.54. The Morgan fingerprint density at radius 2 is 1.08 bits per heavy atom. The van der Waals surface area contributed by atoms with E-state index in [-0.39, 0.29) is 63.4 Å². The molecule has 0 radical (unpaired) electrons. The molecule has 4 saturated heterocycles. The molecule has 3 aromatic heterocycles. The summed E-state index contributed by atoms with van der Waals surface area (Å²) >= 11 is 16.7. The summed E-state index contributed by atoms with van der Waals surface area (Å²) in [7, 11) is 4.20. The van der Waals surface area contributed by atoms with Gasteiger partial charge in [-0.1, -0.05) is 34.8 Å². The zero-order valence-corrected chi connectivity index (χ0v) is 46.3. The van der Waals surface area contributed by atoms with Crippen LogP contribution in [0.4, 0.5) is 15.4 Å². The number of rotatable bonds is 7. The molecule has 0 bridgehead atoms. The van der Waals surface area contributed by atoms with E-state index in [0.717, 1.165) is 52.0 Å². The number of piperazine rings is 2. The number of nitrogens with zero attached hydrogens (tertiary/aromatic N) is 14. The molecule has 0 unspecified atom stereocenters. The fourth-order valence-corrected chi connectivity index (χ4v) is 9.03. The average Bonchev–Trinajstić information content (AvgIpc) is 3.95. The van der Waals surface area contributed by atoms with Crippen molar-refractivity contribution in [2.24, 2.45) is 0 Å². The Labute approximate surface area is 445 Å². The van der Waals surface area contributed by atoms with E-state index >= 15 is 0 Å². The minimum atomic E-state index is -0.526. The SMILES string of the molecule is C[C@@H]1CN(C(=O)OC(C)(C)C)CCN1.C[C@H](Oc1cc(Cl)nc(C#N)n1)[C@@H]1CCCN1C.C[C@H](Oc1cc(N2CCN(C(=O)OC(C)(C)C)C[C@H]2C)nc(C#N)n1)[C@@H]1CCCN1C.N#Cc1nc(Cl)cc(Cl)n1. The van der Waals surface area contributed by atoms with Crippen LogP contribution >= 0.6 is 34.8 Å². The van der Waals surface area contributed by atoms with Crippen molar-refractivity contribution in [1.29, 1.82) is 15.8 Å². The van der Waals surface area contributed by atoms with Crippen molar-refractivity contribution >= 4 is 52.8 Å². The van der Waals surface area contributed by atoms with Gasteiger partial charge in [-0.05, 0) is 122 Å². The van der Waals surface area contributed by atoms with Gasteiger partial charge in [0, 0.05) is 81.6 Å². The van der Waals surface area contributed by atoms with E-state index in [4.69, 9.17) is 64.3 Å². The fourth-order valence-electron chi connectivity index (χ4n) is 8.43. The first-order valence-corrected chi connectivity index (χ1v) is 25.4. The molecule has 0 aromatic carbocycles. The number of carbonyl (C=O) groups excluding carboxylic acids is 2. The topological polar surface area (TPSA) is 248 Å². The Morgan fingerprint density at radius 3 is 1.51 bits per heavy atom. The van der Waals surface area contributed by atoms with Crippen molar-refractivity contribution in [2.45, 2.75) is 142 Å². The van der Waals surface area contributed by atoms with E-state index in [0.29, 0.717) is 55.3 Å². The van der Waals surface area contributed by atoms with Crippen LogP contribution in [-0.2, 0) is 9.47 Å². The largest absolute Gasteiger partial charge is 0.473 e. The molecule has 7 heterocycles. The minimum Gasteiger partial charge on any atom is -0.473 e. The lowest BCUT2D eigenvalue weighted by Gasteiger charge is -2.40. The smallest absolute Gasteiger partial charge is 0.410 e. The van der Waals surface area contributed by atoms with Crippen LogP contribution in [-0.4, -0.2) is 176 Å². The van der Waals surface area contributed by atoms with E-state index < -0.39 is 11.2 Å². The molecule has 2 amide bonds. The summed E-state index contributed by atoms with van der Waals surface area (Å²) in [6.45, 7) is 25.5. The van der Waals surface area contributed by atoms with E-state index in [9.17, 15) is 14.9 Å². The summed E-state index contributed by atoms with van der Waals surface area (Å²) in [6, 6.07) is 11.4. The first kappa shape index (κ1) is 60.0. The molecule has 1 N–H and O–H groups in total. The van der Waals surface area contributed by atoms with Crippen LogP contribution in [0.5, 0.6) is 11.8 Å². The minimum absolute atomic E-state index is 0.00829. The number of nitriles is 3. The first-order chi connectivity index (χ1) is 34.3. The maximum Gasteiger partial charge on any atom is 0.410 e. The third kappa shape index (κ3) is 20.0. The highest BCUT2D eigenvalue weighted by molar-refractivity contribution is 6.33. The normalized spacial score (nSPS) is 21.0. The molecule has 0 aliphatic carbocycles. The highest BCUT2D eigenvalue weighted by Gasteiger charge is 2.33. The molecule has 24 heteroatoms. The molecule has 0 spiro atoms. The van der Waals surface area contributed by atoms with Gasteiger partial charge in [-0.2, -0.15) is 25.8 Å². The zero-order chi connectivity index (χ0) is 54.2. The quantitative estimate of drug-likeness (QED) is 0.227. The number of aromatic nitrogens is 6. The number of hydrogen-bond donors (Lipinski definition) is 1. The Kier molecular flexibility index (Phi) is 22.7. The molecule has 73 heavy (non-hydrogen) atoms. The van der Waals surface area contributed by atoms with Crippen molar-refractivity contribution in [3.05, 3.63) is 51.1 Å². The maximum atomic E-state index is 12.4. The lowest BCUT2D eigenvalue weighted by molar-refractivity contribution is 0.0197. The summed E-state index contributed by atoms with van der Waals surface area (Å²) in [5.41, 5.74) is -0.923. The summed E-state index contributed by atoms with van der Waals surface area (Å²) in [5, 5.41) is 30.4. The number of ether oxygens (including phenoxy) is 4. The maximum absolute atomic E-state index is 12.4. The van der Waals surface area contributed by atoms with Crippen molar-refractivity contribution in [2.75, 3.05) is 71.4 Å². The van der Waals surface area contributed by atoms with Crippen LogP contribution < -0.4 is 19.7 Å². The summed E-state index contributed by atoms with van der Waals surface area (Å²) < 4.78 is 22.7. The van der Waals surface area contributed by atoms with Crippen LogP contribution in [0.3, 0.4) is 0 Å². The van der Waals surface area contributed by atoms with Gasteiger partial charge in [0.15, 0.2) is 0 Å². The van der Waals surface area contributed by atoms with Crippen LogP contribution in [0.15, 0.2) is 18.2 Å². The number of carbonyl (C=O) groups is 2. The molecule has 4 aliphatic rings. The highest BCUT2D eigenvalue weighted by Crippen LogP contribution is 2.27. The van der Waals surface area contributed by atoms with Crippen molar-refractivity contribution in [3.8, 4) is 30.0 Å². The van der Waals surface area contributed by atoms with E-state index in [2.05, 4.69) is 70.9 Å². The predicted molar refractivity (Wildman–Crippen MR) is 277 cm³/mol. The Balaban J connectivity index is 0.000000232. The van der Waals surface area contributed by atoms with Gasteiger partial charge in [-0.25, -0.2) is 29.5 Å². The number of likely N-dealkylation sites (N-methyl/N-ethyl adjacent to an activating group) is 2. The van der Waals surface area contributed by atoms with Crippen molar-refractivity contribution in [3.63, 3.8) is 0 Å². The van der Waals surface area contributed by atoms with Crippen LogP contribution in [0, 0.1) is 34.0 Å². The molecular formula is C49H70Cl3N15O6. The standard InChI is InChI=1S/C22H34N6O3.C12H15ClN4O.C10H20N2O2.C5HCl2N3/c1-15-14-27(21(29)31-22(3,4)5)10-11-28(15)19-12-20(25-18(13-23)24-19)30-16(2)17-8-7-9-26(17)6;1-8(9-4-3-5-17(9)2)18-12-6-10(13)15-11(7-14)16-12;1-8-7-12(6-5-11-8)9(13)14-10(2,3)4;6-3-1-4(7)10-5(2-8)9-3/h12,15-17H,7-11,14H2,1-6H3;6,8-9H,3-5H2,1-2H3;8,11H,5-7H2,1-4H3;1H/t15-,16+,17+;8-,9-;8-;/m101./s1. The lowest BCUT2D eigenvalue weighted by atomic mass is 10.1. The third-order valence-corrected chi connectivity index (χ3v) is 12.3. The first-order valence-electron chi connectivity index (χ1n) is 24.3. The number of amides is 2. The number of likely N-dealkylation sites (tertiary alicyclic amines) is 2. The van der Waals surface area contributed by atoms with Gasteiger partial charge in [0.05, 0.1) is 0 Å². The van der Waals surface area contributed by atoms with Crippen LogP contribution in [0.1, 0.15) is 112 Å². The molecule has 4 aliphatic heterocycles. The molecule has 398 valence electrons. The van der Waals surface area contributed by atoms with Gasteiger partial charge in [-0.15, -0.1) is 0 Å². The number of halogens is 3. The summed E-state index contributed by atoms with van der Waals surface area (Å²) in [5.74, 6) is 1.52. The van der Waals surface area contributed by atoms with E-state index in [1.54, 1.807) is 21.9 Å². The van der Waals surface area contributed by atoms with Crippen LogP contribution in [0.25, 0.3) is 0 Å². The molecule has 21 nitrogen and oxygen atoms in total. The molecule has 6 atom stereocenters. The molecule has 4 fully saturated rings. The second-order valence-electron chi connectivity index (χ2n) is 20.2. The second kappa shape index (κ2) is 27.6. The van der Waals surface area contributed by atoms with Crippen molar-refractivity contribution < 1.29 is 28.5 Å². The number of anilines is 1.